The van der Waals surface area contributed by atoms with Crippen LogP contribution >= 0.6 is 0 Å². The van der Waals surface area contributed by atoms with Gasteiger partial charge in [0.15, 0.2) is 0 Å². The Bertz CT molecular complexity index is 151. The minimum absolute atomic E-state index is 0.764. The predicted molar refractivity (Wildman–Crippen MR) is 66.9 cm³/mol. The second kappa shape index (κ2) is 7.24. The van der Waals surface area contributed by atoms with Crippen molar-refractivity contribution in [3.05, 3.63) is 0 Å². The summed E-state index contributed by atoms with van der Waals surface area (Å²) in [6, 6.07) is 0. The van der Waals surface area contributed by atoms with Gasteiger partial charge in [-0.3, -0.25) is 0 Å². The van der Waals surface area contributed by atoms with E-state index >= 15 is 0 Å². The monoisotopic (exact) mass is 212 g/mol. The van der Waals surface area contributed by atoms with Crippen LogP contribution in [-0.4, -0.2) is 31.1 Å². The van der Waals surface area contributed by atoms with Gasteiger partial charge in [-0.25, -0.2) is 0 Å². The fraction of sp³-hybridized carbons (Fsp3) is 1.00. The lowest BCUT2D eigenvalue weighted by atomic mass is 9.89. The summed E-state index contributed by atoms with van der Waals surface area (Å²) in [5, 5.41) is 0. The molecule has 0 heterocycles. The third-order valence-electron chi connectivity index (χ3n) is 3.31. The van der Waals surface area contributed by atoms with Crippen molar-refractivity contribution >= 4 is 0 Å². The maximum atomic E-state index is 5.67. The molecule has 0 spiro atoms. The van der Waals surface area contributed by atoms with Gasteiger partial charge in [-0.2, -0.15) is 0 Å². The van der Waals surface area contributed by atoms with Crippen LogP contribution in [-0.2, 0) is 0 Å². The van der Waals surface area contributed by atoms with E-state index in [2.05, 4.69) is 18.7 Å². The third kappa shape index (κ3) is 5.53. The first-order chi connectivity index (χ1) is 7.22. The molecule has 2 N–H and O–H groups in total. The van der Waals surface area contributed by atoms with Gasteiger partial charge in [0.05, 0.1) is 0 Å². The van der Waals surface area contributed by atoms with Crippen molar-refractivity contribution in [2.75, 3.05) is 26.2 Å². The zero-order valence-electron chi connectivity index (χ0n) is 10.5. The summed E-state index contributed by atoms with van der Waals surface area (Å²) in [6.07, 6.45) is 7.24. The molecule has 90 valence electrons. The van der Waals surface area contributed by atoms with Crippen LogP contribution in [0.1, 0.15) is 46.0 Å². The van der Waals surface area contributed by atoms with Crippen molar-refractivity contribution in [2.24, 2.45) is 17.6 Å². The molecule has 0 aromatic carbocycles. The highest BCUT2D eigenvalue weighted by atomic mass is 15.1. The molecule has 0 radical (unpaired) electrons. The summed E-state index contributed by atoms with van der Waals surface area (Å²) in [6.45, 7) is 8.98. The van der Waals surface area contributed by atoms with Crippen molar-refractivity contribution in [3.8, 4) is 0 Å². The van der Waals surface area contributed by atoms with Gasteiger partial charge in [-0.05, 0) is 24.7 Å². The second-order valence-electron chi connectivity index (χ2n) is 5.45. The molecule has 0 aliphatic heterocycles. The van der Waals surface area contributed by atoms with Gasteiger partial charge in [0.25, 0.3) is 0 Å². The summed E-state index contributed by atoms with van der Waals surface area (Å²) in [4.78, 5) is 2.57. The van der Waals surface area contributed by atoms with Crippen molar-refractivity contribution < 1.29 is 0 Å². The van der Waals surface area contributed by atoms with Crippen LogP contribution in [0.25, 0.3) is 0 Å². The molecular formula is C13H28N2. The fourth-order valence-electron chi connectivity index (χ4n) is 2.69. The van der Waals surface area contributed by atoms with Gasteiger partial charge in [0, 0.05) is 26.2 Å². The largest absolute Gasteiger partial charge is 0.329 e. The Hall–Kier alpha value is -0.0800. The number of hydrogen-bond donors (Lipinski definition) is 1. The summed E-state index contributed by atoms with van der Waals surface area (Å²) in [5.41, 5.74) is 5.67. The Kier molecular flexibility index (Phi) is 6.26. The summed E-state index contributed by atoms with van der Waals surface area (Å²) in [5.74, 6) is 1.71. The molecule has 1 saturated carbocycles. The lowest BCUT2D eigenvalue weighted by Crippen LogP contribution is -2.37. The first kappa shape index (κ1) is 13.0. The fourth-order valence-corrected chi connectivity index (χ4v) is 2.69. The zero-order valence-corrected chi connectivity index (χ0v) is 10.5. The van der Waals surface area contributed by atoms with Crippen LogP contribution in [0.2, 0.25) is 0 Å². The summed E-state index contributed by atoms with van der Waals surface area (Å²) < 4.78 is 0. The SMILES string of the molecule is CC(C)CN(CCN)CC1CCCCC1. The standard InChI is InChI=1S/C13H28N2/c1-12(2)10-15(9-8-14)11-13-6-4-3-5-7-13/h12-13H,3-11,14H2,1-2H3. The van der Waals surface area contributed by atoms with Crippen LogP contribution in [0.3, 0.4) is 0 Å². The van der Waals surface area contributed by atoms with E-state index in [-0.39, 0.29) is 0 Å². The van der Waals surface area contributed by atoms with Crippen molar-refractivity contribution in [3.63, 3.8) is 0 Å². The highest BCUT2D eigenvalue weighted by Gasteiger charge is 2.17. The molecule has 0 saturated heterocycles. The van der Waals surface area contributed by atoms with E-state index in [0.717, 1.165) is 24.9 Å². The Labute approximate surface area is 95.2 Å². The van der Waals surface area contributed by atoms with E-state index in [4.69, 9.17) is 5.73 Å². The number of nitrogens with zero attached hydrogens (tertiary/aromatic N) is 1. The normalized spacial score (nSPS) is 19.0. The molecular weight excluding hydrogens is 184 g/mol. The molecule has 0 amide bonds. The van der Waals surface area contributed by atoms with E-state index in [0.29, 0.717) is 0 Å². The van der Waals surface area contributed by atoms with Gasteiger partial charge in [-0.1, -0.05) is 33.1 Å². The first-order valence-electron chi connectivity index (χ1n) is 6.64. The molecule has 1 rings (SSSR count). The Morgan fingerprint density at radius 1 is 1.20 bits per heavy atom. The van der Waals surface area contributed by atoms with Crippen LogP contribution < -0.4 is 5.73 Å². The molecule has 2 nitrogen and oxygen atoms in total. The molecule has 0 aromatic rings. The average Bonchev–Trinajstić information content (AvgIpc) is 2.18. The van der Waals surface area contributed by atoms with Gasteiger partial charge >= 0.3 is 0 Å². The number of hydrogen-bond acceptors (Lipinski definition) is 2. The topological polar surface area (TPSA) is 29.3 Å². The lowest BCUT2D eigenvalue weighted by Gasteiger charge is -2.30. The molecule has 1 fully saturated rings. The minimum atomic E-state index is 0.764. The molecule has 0 aromatic heterocycles. The zero-order chi connectivity index (χ0) is 11.1. The molecule has 0 atom stereocenters. The minimum Gasteiger partial charge on any atom is -0.329 e. The maximum absolute atomic E-state index is 5.67. The van der Waals surface area contributed by atoms with Gasteiger partial charge in [0.1, 0.15) is 0 Å². The quantitative estimate of drug-likeness (QED) is 0.733. The summed E-state index contributed by atoms with van der Waals surface area (Å²) in [7, 11) is 0. The maximum Gasteiger partial charge on any atom is 0.0105 e. The third-order valence-corrected chi connectivity index (χ3v) is 3.31. The van der Waals surface area contributed by atoms with Crippen LogP contribution in [0.4, 0.5) is 0 Å². The van der Waals surface area contributed by atoms with Gasteiger partial charge < -0.3 is 10.6 Å². The molecule has 0 unspecified atom stereocenters. The average molecular weight is 212 g/mol. The van der Waals surface area contributed by atoms with Crippen LogP contribution in [0, 0.1) is 11.8 Å². The molecule has 2 heteroatoms. The number of nitrogens with two attached hydrogens (primary N) is 1. The van der Waals surface area contributed by atoms with Crippen molar-refractivity contribution in [1.82, 2.24) is 4.90 Å². The molecule has 1 aliphatic rings. The predicted octanol–water partition coefficient (Wildman–Crippen LogP) is 2.48. The Balaban J connectivity index is 2.28. The Morgan fingerprint density at radius 2 is 1.87 bits per heavy atom. The Morgan fingerprint density at radius 3 is 2.40 bits per heavy atom. The molecule has 0 bridgehead atoms. The highest BCUT2D eigenvalue weighted by molar-refractivity contribution is 4.71. The van der Waals surface area contributed by atoms with E-state index in [1.54, 1.807) is 0 Å². The van der Waals surface area contributed by atoms with Gasteiger partial charge in [0.2, 0.25) is 0 Å². The number of rotatable bonds is 6. The van der Waals surface area contributed by atoms with E-state index in [1.807, 2.05) is 0 Å². The van der Waals surface area contributed by atoms with Crippen LogP contribution in [0.15, 0.2) is 0 Å². The van der Waals surface area contributed by atoms with E-state index < -0.39 is 0 Å². The highest BCUT2D eigenvalue weighted by Crippen LogP contribution is 2.24. The van der Waals surface area contributed by atoms with Crippen molar-refractivity contribution in [1.29, 1.82) is 0 Å². The smallest absolute Gasteiger partial charge is 0.0105 e. The van der Waals surface area contributed by atoms with Crippen LogP contribution in [0.5, 0.6) is 0 Å². The first-order valence-corrected chi connectivity index (χ1v) is 6.64. The molecule has 15 heavy (non-hydrogen) atoms. The molecule has 1 aliphatic carbocycles. The van der Waals surface area contributed by atoms with Crippen molar-refractivity contribution in [2.45, 2.75) is 46.0 Å². The van der Waals surface area contributed by atoms with E-state index in [9.17, 15) is 0 Å². The van der Waals surface area contributed by atoms with Gasteiger partial charge in [-0.15, -0.1) is 0 Å². The lowest BCUT2D eigenvalue weighted by molar-refractivity contribution is 0.188. The van der Waals surface area contributed by atoms with E-state index in [1.165, 1.54) is 45.2 Å². The summed E-state index contributed by atoms with van der Waals surface area (Å²) >= 11 is 0. The second-order valence-corrected chi connectivity index (χ2v) is 5.45.